The molecule has 0 saturated carbocycles. The number of para-hydroxylation sites is 2. The third-order valence-corrected chi connectivity index (χ3v) is 4.04. The zero-order valence-electron chi connectivity index (χ0n) is 11.5. The SMILES string of the molecule is O=S(=O)([O-])c1ccccc1O.O=S(=O)([O-])c1ccccc1O.[Zn+2]. The van der Waals surface area contributed by atoms with Gasteiger partial charge in [0.1, 0.15) is 31.7 Å². The second kappa shape index (κ2) is 8.37. The third-order valence-electron chi connectivity index (χ3n) is 2.27. The van der Waals surface area contributed by atoms with Crippen molar-refractivity contribution >= 4 is 20.2 Å². The minimum Gasteiger partial charge on any atom is -0.744 e. The van der Waals surface area contributed by atoms with E-state index in [1.807, 2.05) is 0 Å². The summed E-state index contributed by atoms with van der Waals surface area (Å²) in [5.41, 5.74) is 0. The van der Waals surface area contributed by atoms with Crippen LogP contribution in [0.15, 0.2) is 58.3 Å². The molecule has 0 bridgehead atoms. The maximum atomic E-state index is 10.3. The van der Waals surface area contributed by atoms with E-state index in [4.69, 9.17) is 10.2 Å². The van der Waals surface area contributed by atoms with E-state index in [1.54, 1.807) is 0 Å². The first kappa shape index (κ1) is 21.5. The normalized spacial score (nSPS) is 10.9. The van der Waals surface area contributed by atoms with Crippen LogP contribution in [0.3, 0.4) is 0 Å². The summed E-state index contributed by atoms with van der Waals surface area (Å²) in [6.07, 6.45) is 0. The third kappa shape index (κ3) is 6.63. The van der Waals surface area contributed by atoms with Crippen molar-refractivity contribution < 1.29 is 55.6 Å². The van der Waals surface area contributed by atoms with Crippen LogP contribution in [0.25, 0.3) is 0 Å². The van der Waals surface area contributed by atoms with Crippen molar-refractivity contribution in [3.05, 3.63) is 48.5 Å². The maximum absolute atomic E-state index is 10.3. The van der Waals surface area contributed by atoms with Gasteiger partial charge in [0.15, 0.2) is 0 Å². The molecular weight excluding hydrogens is 402 g/mol. The Hall–Kier alpha value is -1.52. The summed E-state index contributed by atoms with van der Waals surface area (Å²) < 4.78 is 62.0. The molecule has 0 saturated heterocycles. The van der Waals surface area contributed by atoms with Crippen molar-refractivity contribution in [1.82, 2.24) is 0 Å². The molecule has 120 valence electrons. The zero-order valence-corrected chi connectivity index (χ0v) is 16.1. The van der Waals surface area contributed by atoms with E-state index in [9.17, 15) is 25.9 Å². The number of hydrogen-bond acceptors (Lipinski definition) is 8. The first-order valence-electron chi connectivity index (χ1n) is 5.51. The molecule has 0 fully saturated rings. The summed E-state index contributed by atoms with van der Waals surface area (Å²) in [7, 11) is -9.07. The topological polar surface area (TPSA) is 155 Å². The van der Waals surface area contributed by atoms with Gasteiger partial charge in [-0.25, -0.2) is 16.8 Å². The molecule has 0 aromatic heterocycles. The summed E-state index contributed by atoms with van der Waals surface area (Å²) in [6, 6.07) is 9.99. The summed E-state index contributed by atoms with van der Waals surface area (Å²) in [5.74, 6) is -1.02. The average molecular weight is 412 g/mol. The number of hydrogen-bond donors (Lipinski definition) is 2. The number of benzene rings is 2. The fourth-order valence-electron chi connectivity index (χ4n) is 1.34. The Labute approximate surface area is 145 Å². The molecule has 0 atom stereocenters. The number of rotatable bonds is 2. The molecular formula is C12H10O8S2Zn. The van der Waals surface area contributed by atoms with E-state index in [-0.39, 0.29) is 19.5 Å². The molecule has 2 rings (SSSR count). The number of phenols is 2. The van der Waals surface area contributed by atoms with Gasteiger partial charge in [-0.05, 0) is 24.3 Å². The number of aromatic hydroxyl groups is 2. The zero-order chi connectivity index (χ0) is 17.0. The standard InChI is InChI=1S/2C6H6O4S.Zn/c2*7-5-3-1-2-4-6(5)11(8,9)10;/h2*1-4,7H,(H,8,9,10);/q;;+2/p-2. The molecule has 0 aliphatic heterocycles. The van der Waals surface area contributed by atoms with Gasteiger partial charge < -0.3 is 19.3 Å². The Bertz CT molecular complexity index is 789. The molecule has 0 aliphatic rings. The van der Waals surface area contributed by atoms with Crippen molar-refractivity contribution in [2.75, 3.05) is 0 Å². The molecule has 2 aromatic carbocycles. The van der Waals surface area contributed by atoms with Gasteiger partial charge in [-0.2, -0.15) is 0 Å². The summed E-state index contributed by atoms with van der Waals surface area (Å²) >= 11 is 0. The molecule has 0 spiro atoms. The van der Waals surface area contributed by atoms with Crippen LogP contribution in [-0.2, 0) is 39.7 Å². The molecule has 0 aliphatic carbocycles. The molecule has 0 radical (unpaired) electrons. The average Bonchev–Trinajstić information content (AvgIpc) is 2.37. The van der Waals surface area contributed by atoms with E-state index in [2.05, 4.69) is 0 Å². The van der Waals surface area contributed by atoms with E-state index >= 15 is 0 Å². The summed E-state index contributed by atoms with van der Waals surface area (Å²) in [6.45, 7) is 0. The van der Waals surface area contributed by atoms with E-state index in [1.165, 1.54) is 24.3 Å². The van der Waals surface area contributed by atoms with Crippen LogP contribution < -0.4 is 0 Å². The van der Waals surface area contributed by atoms with Crippen LogP contribution in [-0.4, -0.2) is 36.2 Å². The van der Waals surface area contributed by atoms with E-state index < -0.39 is 41.5 Å². The summed E-state index contributed by atoms with van der Waals surface area (Å²) in [4.78, 5) is -1.17. The quantitative estimate of drug-likeness (QED) is 0.537. The molecule has 0 heterocycles. The van der Waals surface area contributed by atoms with Crippen molar-refractivity contribution in [3.63, 3.8) is 0 Å². The predicted molar refractivity (Wildman–Crippen MR) is 72.1 cm³/mol. The van der Waals surface area contributed by atoms with Gasteiger partial charge in [0, 0.05) is 0 Å². The van der Waals surface area contributed by atoms with Crippen molar-refractivity contribution in [1.29, 1.82) is 0 Å². The van der Waals surface area contributed by atoms with Crippen molar-refractivity contribution in [2.24, 2.45) is 0 Å². The first-order chi connectivity index (χ1) is 10.0. The Kier molecular flexibility index (Phi) is 7.82. The predicted octanol–water partition coefficient (Wildman–Crippen LogP) is 0.590. The van der Waals surface area contributed by atoms with Crippen LogP contribution in [0.1, 0.15) is 0 Å². The molecule has 0 amide bonds. The molecule has 11 heteroatoms. The van der Waals surface area contributed by atoms with E-state index in [0.29, 0.717) is 0 Å². The van der Waals surface area contributed by atoms with Crippen LogP contribution in [0, 0.1) is 0 Å². The van der Waals surface area contributed by atoms with Gasteiger partial charge in [-0.3, -0.25) is 0 Å². The number of phenolic OH excluding ortho intramolecular Hbond substituents is 2. The van der Waals surface area contributed by atoms with Crippen LogP contribution in [0.2, 0.25) is 0 Å². The first-order valence-corrected chi connectivity index (χ1v) is 8.33. The van der Waals surface area contributed by atoms with Gasteiger partial charge in [-0.1, -0.05) is 24.3 Å². The van der Waals surface area contributed by atoms with Crippen LogP contribution in [0.5, 0.6) is 11.5 Å². The molecule has 2 N–H and O–H groups in total. The van der Waals surface area contributed by atoms with Gasteiger partial charge in [0.2, 0.25) is 0 Å². The van der Waals surface area contributed by atoms with Crippen LogP contribution >= 0.6 is 0 Å². The fraction of sp³-hybridized carbons (Fsp3) is 0. The Morgan fingerprint density at radius 2 is 0.913 bits per heavy atom. The van der Waals surface area contributed by atoms with Crippen molar-refractivity contribution in [3.8, 4) is 11.5 Å². The van der Waals surface area contributed by atoms with Gasteiger partial charge >= 0.3 is 19.5 Å². The van der Waals surface area contributed by atoms with Crippen LogP contribution in [0.4, 0.5) is 0 Å². The maximum Gasteiger partial charge on any atom is 2.00 e. The smallest absolute Gasteiger partial charge is 0.744 e. The molecule has 8 nitrogen and oxygen atoms in total. The summed E-state index contributed by atoms with van der Waals surface area (Å²) in [5, 5.41) is 17.7. The fourth-order valence-corrected chi connectivity index (χ4v) is 2.48. The van der Waals surface area contributed by atoms with Gasteiger partial charge in [-0.15, -0.1) is 0 Å². The minimum absolute atomic E-state index is 0. The minimum atomic E-state index is -4.53. The molecule has 0 unspecified atom stereocenters. The Morgan fingerprint density at radius 3 is 1.09 bits per heavy atom. The van der Waals surface area contributed by atoms with E-state index in [0.717, 1.165) is 24.3 Å². The molecule has 2 aromatic rings. The second-order valence-corrected chi connectivity index (χ2v) is 6.54. The van der Waals surface area contributed by atoms with Gasteiger partial charge in [0.25, 0.3) is 0 Å². The monoisotopic (exact) mass is 410 g/mol. The Balaban J connectivity index is 0.000000403. The Morgan fingerprint density at radius 1 is 0.652 bits per heavy atom. The second-order valence-electron chi connectivity index (χ2n) is 3.84. The van der Waals surface area contributed by atoms with Crippen molar-refractivity contribution in [2.45, 2.75) is 9.79 Å². The molecule has 23 heavy (non-hydrogen) atoms. The van der Waals surface area contributed by atoms with Gasteiger partial charge in [0.05, 0.1) is 9.79 Å². The largest absolute Gasteiger partial charge is 2.00 e.